The fraction of sp³-hybridized carbons (Fsp3) is 0.500. The summed E-state index contributed by atoms with van der Waals surface area (Å²) in [5.74, 6) is 0. The summed E-state index contributed by atoms with van der Waals surface area (Å²) in [4.78, 5) is 2.25. The maximum Gasteiger partial charge on any atom is 0.0994 e. The average Bonchev–Trinajstić information content (AvgIpc) is 2.29. The summed E-state index contributed by atoms with van der Waals surface area (Å²) in [5.41, 5.74) is 3.03. The molecular weight excluding hydrogens is 196 g/mol. The molecule has 0 aromatic heterocycles. The lowest BCUT2D eigenvalue weighted by molar-refractivity contribution is 0.705. The smallest absolute Gasteiger partial charge is 0.0994 e. The zero-order chi connectivity index (χ0) is 12.0. The molecule has 0 spiro atoms. The predicted octanol–water partition coefficient (Wildman–Crippen LogP) is 3.49. The molecule has 0 atom stereocenters. The van der Waals surface area contributed by atoms with Crippen molar-refractivity contribution >= 4 is 5.69 Å². The van der Waals surface area contributed by atoms with E-state index in [1.807, 2.05) is 19.1 Å². The van der Waals surface area contributed by atoms with Crippen LogP contribution in [0.4, 0.5) is 5.69 Å². The second kappa shape index (κ2) is 6.17. The molecule has 0 N–H and O–H groups in total. The lowest BCUT2D eigenvalue weighted by Gasteiger charge is -2.19. The Balaban J connectivity index is 2.66. The first kappa shape index (κ1) is 12.6. The highest BCUT2D eigenvalue weighted by atomic mass is 15.1. The van der Waals surface area contributed by atoms with Crippen LogP contribution in [-0.2, 0) is 0 Å². The van der Waals surface area contributed by atoms with Crippen LogP contribution < -0.4 is 4.90 Å². The molecule has 1 rings (SSSR count). The fourth-order valence-electron chi connectivity index (χ4n) is 1.74. The van der Waals surface area contributed by atoms with Gasteiger partial charge in [-0.15, -0.1) is 0 Å². The minimum Gasteiger partial charge on any atom is -0.375 e. The Bertz CT molecular complexity index is 377. The van der Waals surface area contributed by atoms with Crippen molar-refractivity contribution in [3.8, 4) is 6.07 Å². The minimum absolute atomic E-state index is 0.769. The third-order valence-electron chi connectivity index (χ3n) is 2.87. The summed E-state index contributed by atoms with van der Waals surface area (Å²) in [6, 6.07) is 8.21. The molecule has 2 nitrogen and oxygen atoms in total. The van der Waals surface area contributed by atoms with Crippen molar-refractivity contribution < 1.29 is 0 Å². The Hall–Kier alpha value is -1.49. The molecule has 0 heterocycles. The molecule has 0 aliphatic heterocycles. The van der Waals surface area contributed by atoms with Crippen LogP contribution in [0.15, 0.2) is 18.2 Å². The molecule has 0 saturated heterocycles. The van der Waals surface area contributed by atoms with Crippen LogP contribution in [-0.4, -0.2) is 13.6 Å². The minimum atomic E-state index is 0.769. The Morgan fingerprint density at radius 1 is 1.31 bits per heavy atom. The second-order valence-electron chi connectivity index (χ2n) is 4.24. The highest BCUT2D eigenvalue weighted by molar-refractivity contribution is 5.52. The van der Waals surface area contributed by atoms with Crippen molar-refractivity contribution in [2.75, 3.05) is 18.5 Å². The number of rotatable bonds is 5. The Morgan fingerprint density at radius 2 is 2.06 bits per heavy atom. The number of hydrogen-bond acceptors (Lipinski definition) is 2. The molecule has 0 bridgehead atoms. The van der Waals surface area contributed by atoms with Crippen LogP contribution in [0.1, 0.15) is 37.3 Å². The van der Waals surface area contributed by atoms with E-state index in [0.29, 0.717) is 0 Å². The molecule has 0 unspecified atom stereocenters. The first-order valence-corrected chi connectivity index (χ1v) is 5.91. The zero-order valence-corrected chi connectivity index (χ0v) is 10.5. The van der Waals surface area contributed by atoms with Gasteiger partial charge in [-0.25, -0.2) is 0 Å². The Kier molecular flexibility index (Phi) is 4.85. The number of nitriles is 1. The largest absolute Gasteiger partial charge is 0.375 e. The summed E-state index contributed by atoms with van der Waals surface area (Å²) in [5, 5.41) is 8.86. The van der Waals surface area contributed by atoms with Crippen molar-refractivity contribution in [1.29, 1.82) is 5.26 Å². The topological polar surface area (TPSA) is 27.0 Å². The van der Waals surface area contributed by atoms with E-state index in [-0.39, 0.29) is 0 Å². The number of aryl methyl sites for hydroxylation is 1. The molecule has 0 radical (unpaired) electrons. The number of unbranched alkanes of at least 4 members (excludes halogenated alkanes) is 2. The van der Waals surface area contributed by atoms with E-state index in [9.17, 15) is 0 Å². The van der Waals surface area contributed by atoms with Gasteiger partial charge in [-0.1, -0.05) is 19.8 Å². The summed E-state index contributed by atoms with van der Waals surface area (Å²) in [7, 11) is 2.11. The molecule has 0 amide bonds. The second-order valence-corrected chi connectivity index (χ2v) is 4.24. The molecule has 0 saturated carbocycles. The van der Waals surface area contributed by atoms with Crippen LogP contribution in [0, 0.1) is 18.3 Å². The number of anilines is 1. The van der Waals surface area contributed by atoms with Gasteiger partial charge in [0.05, 0.1) is 11.6 Å². The highest BCUT2D eigenvalue weighted by Gasteiger charge is 2.03. The van der Waals surface area contributed by atoms with Crippen molar-refractivity contribution in [2.24, 2.45) is 0 Å². The van der Waals surface area contributed by atoms with Crippen molar-refractivity contribution in [1.82, 2.24) is 0 Å². The van der Waals surface area contributed by atoms with Crippen LogP contribution >= 0.6 is 0 Å². The third-order valence-corrected chi connectivity index (χ3v) is 2.87. The predicted molar refractivity (Wildman–Crippen MR) is 68.7 cm³/mol. The van der Waals surface area contributed by atoms with Gasteiger partial charge in [0.2, 0.25) is 0 Å². The SMILES string of the molecule is CCCCCN(C)c1ccc(C#N)c(C)c1. The molecule has 16 heavy (non-hydrogen) atoms. The van der Waals surface area contributed by atoms with Gasteiger partial charge in [-0.3, -0.25) is 0 Å². The van der Waals surface area contributed by atoms with E-state index in [1.165, 1.54) is 24.9 Å². The summed E-state index contributed by atoms with van der Waals surface area (Å²) in [6.07, 6.45) is 3.76. The summed E-state index contributed by atoms with van der Waals surface area (Å²) < 4.78 is 0. The van der Waals surface area contributed by atoms with Crippen LogP contribution in [0.2, 0.25) is 0 Å². The van der Waals surface area contributed by atoms with Crippen LogP contribution in [0.3, 0.4) is 0 Å². The van der Waals surface area contributed by atoms with E-state index >= 15 is 0 Å². The van der Waals surface area contributed by atoms with Crippen LogP contribution in [0.5, 0.6) is 0 Å². The van der Waals surface area contributed by atoms with Gasteiger partial charge < -0.3 is 4.90 Å². The molecule has 1 aromatic carbocycles. The normalized spacial score (nSPS) is 9.88. The molecular formula is C14H20N2. The number of hydrogen-bond donors (Lipinski definition) is 0. The molecule has 1 aromatic rings. The van der Waals surface area contributed by atoms with Gasteiger partial charge in [0.15, 0.2) is 0 Å². The maximum absolute atomic E-state index is 8.86. The summed E-state index contributed by atoms with van der Waals surface area (Å²) in [6.45, 7) is 5.28. The molecule has 0 aliphatic carbocycles. The Labute approximate surface area is 98.5 Å². The van der Waals surface area contributed by atoms with Crippen molar-refractivity contribution in [3.63, 3.8) is 0 Å². The molecule has 0 fully saturated rings. The Morgan fingerprint density at radius 3 is 2.62 bits per heavy atom. The van der Waals surface area contributed by atoms with E-state index in [0.717, 1.165) is 17.7 Å². The number of nitrogens with zero attached hydrogens (tertiary/aromatic N) is 2. The van der Waals surface area contributed by atoms with Crippen LogP contribution in [0.25, 0.3) is 0 Å². The van der Waals surface area contributed by atoms with Crippen molar-refractivity contribution in [3.05, 3.63) is 29.3 Å². The van der Waals surface area contributed by atoms with E-state index in [4.69, 9.17) is 5.26 Å². The van der Waals surface area contributed by atoms with Gasteiger partial charge >= 0.3 is 0 Å². The quantitative estimate of drug-likeness (QED) is 0.704. The highest BCUT2D eigenvalue weighted by Crippen LogP contribution is 2.18. The first-order chi connectivity index (χ1) is 7.69. The zero-order valence-electron chi connectivity index (χ0n) is 10.5. The maximum atomic E-state index is 8.86. The molecule has 86 valence electrons. The average molecular weight is 216 g/mol. The van der Waals surface area contributed by atoms with Gasteiger partial charge in [0.25, 0.3) is 0 Å². The monoisotopic (exact) mass is 216 g/mol. The van der Waals surface area contributed by atoms with Gasteiger partial charge in [0, 0.05) is 19.3 Å². The van der Waals surface area contributed by atoms with Crippen molar-refractivity contribution in [2.45, 2.75) is 33.1 Å². The molecule has 0 aliphatic rings. The molecule has 2 heteroatoms. The van der Waals surface area contributed by atoms with E-state index < -0.39 is 0 Å². The number of benzene rings is 1. The summed E-state index contributed by atoms with van der Waals surface area (Å²) >= 11 is 0. The fourth-order valence-corrected chi connectivity index (χ4v) is 1.74. The third kappa shape index (κ3) is 3.27. The standard InChI is InChI=1S/C14H20N2/c1-4-5-6-9-16(3)14-8-7-13(11-15)12(2)10-14/h7-8,10H,4-6,9H2,1-3H3. The lowest BCUT2D eigenvalue weighted by Crippen LogP contribution is -2.18. The van der Waals surface area contributed by atoms with Gasteiger partial charge in [-0.2, -0.15) is 5.26 Å². The van der Waals surface area contributed by atoms with Gasteiger partial charge in [-0.05, 0) is 37.1 Å². The lowest BCUT2D eigenvalue weighted by atomic mass is 10.1. The van der Waals surface area contributed by atoms with Gasteiger partial charge in [0.1, 0.15) is 0 Å². The van der Waals surface area contributed by atoms with E-state index in [2.05, 4.69) is 31.0 Å². The van der Waals surface area contributed by atoms with E-state index in [1.54, 1.807) is 0 Å². The first-order valence-electron chi connectivity index (χ1n) is 5.91.